The fourth-order valence-electron chi connectivity index (χ4n) is 1.74. The molecule has 2 rings (SSSR count). The van der Waals surface area contributed by atoms with Crippen molar-refractivity contribution in [2.45, 2.75) is 12.8 Å². The minimum Gasteiger partial charge on any atom is -0.497 e. The number of hydrogen-bond donors (Lipinski definition) is 0. The van der Waals surface area contributed by atoms with E-state index in [9.17, 15) is 13.2 Å². The molecule has 0 aliphatic heterocycles. The Morgan fingerprint density at radius 1 is 1.09 bits per heavy atom. The lowest BCUT2D eigenvalue weighted by atomic mass is 10.1. The number of alkyl halides is 3. The Balaban J connectivity index is 1.91. The number of hydrogen-bond acceptors (Lipinski definition) is 3. The molecule has 0 amide bonds. The Hall–Kier alpha value is -2.50. The van der Waals surface area contributed by atoms with Gasteiger partial charge in [0.15, 0.2) is 0 Å². The van der Waals surface area contributed by atoms with Gasteiger partial charge in [0.25, 0.3) is 0 Å². The fourth-order valence-corrected chi connectivity index (χ4v) is 1.74. The third-order valence-electron chi connectivity index (χ3n) is 2.88. The lowest BCUT2D eigenvalue weighted by Gasteiger charge is -2.07. The summed E-state index contributed by atoms with van der Waals surface area (Å²) in [6.45, 7) is -0.0312. The van der Waals surface area contributed by atoms with Crippen molar-refractivity contribution in [1.29, 1.82) is 0 Å². The molecule has 3 nitrogen and oxygen atoms in total. The van der Waals surface area contributed by atoms with Crippen molar-refractivity contribution < 1.29 is 22.7 Å². The number of halogens is 3. The van der Waals surface area contributed by atoms with Crippen LogP contribution in [0.15, 0.2) is 53.7 Å². The van der Waals surface area contributed by atoms with Crippen molar-refractivity contribution in [3.05, 3.63) is 65.2 Å². The average Bonchev–Trinajstić information content (AvgIpc) is 2.52. The number of oxime groups is 1. The highest BCUT2D eigenvalue weighted by Crippen LogP contribution is 2.29. The Labute approximate surface area is 126 Å². The Morgan fingerprint density at radius 2 is 1.82 bits per heavy atom. The van der Waals surface area contributed by atoms with Gasteiger partial charge in [0, 0.05) is 0 Å². The predicted molar refractivity (Wildman–Crippen MR) is 76.8 cm³/mol. The molecule has 0 atom stereocenters. The number of benzene rings is 2. The summed E-state index contributed by atoms with van der Waals surface area (Å²) in [5, 5.41) is 3.74. The first kappa shape index (κ1) is 15.9. The molecule has 0 unspecified atom stereocenters. The third kappa shape index (κ3) is 4.51. The second-order valence-corrected chi connectivity index (χ2v) is 4.48. The molecular formula is C16H14F3NO2. The van der Waals surface area contributed by atoms with Crippen molar-refractivity contribution in [3.8, 4) is 5.75 Å². The largest absolute Gasteiger partial charge is 0.497 e. The van der Waals surface area contributed by atoms with Gasteiger partial charge < -0.3 is 9.57 Å². The van der Waals surface area contributed by atoms with E-state index in [1.807, 2.05) is 0 Å². The lowest BCUT2D eigenvalue weighted by molar-refractivity contribution is -0.137. The monoisotopic (exact) mass is 309 g/mol. The van der Waals surface area contributed by atoms with E-state index < -0.39 is 11.7 Å². The van der Waals surface area contributed by atoms with Gasteiger partial charge in [0.1, 0.15) is 12.4 Å². The maximum absolute atomic E-state index is 12.6. The van der Waals surface area contributed by atoms with E-state index >= 15 is 0 Å². The smallest absolute Gasteiger partial charge is 0.416 e. The number of methoxy groups -OCH3 is 1. The molecule has 0 saturated heterocycles. The third-order valence-corrected chi connectivity index (χ3v) is 2.88. The molecule has 0 aromatic heterocycles. The molecule has 0 bridgehead atoms. The van der Waals surface area contributed by atoms with Crippen LogP contribution in [0.1, 0.15) is 16.7 Å². The van der Waals surface area contributed by atoms with Crippen molar-refractivity contribution in [1.82, 2.24) is 0 Å². The normalized spacial score (nSPS) is 11.6. The van der Waals surface area contributed by atoms with Crippen LogP contribution in [0, 0.1) is 0 Å². The second-order valence-electron chi connectivity index (χ2n) is 4.48. The SMILES string of the molecule is COc1ccc(C=NOCc2cccc(C(F)(F)F)c2)cc1. The highest BCUT2D eigenvalue weighted by molar-refractivity contribution is 5.79. The van der Waals surface area contributed by atoms with Crippen LogP contribution < -0.4 is 4.74 Å². The minimum absolute atomic E-state index is 0.0312. The van der Waals surface area contributed by atoms with E-state index in [-0.39, 0.29) is 6.61 Å². The zero-order valence-corrected chi connectivity index (χ0v) is 11.8. The first-order valence-electron chi connectivity index (χ1n) is 6.44. The number of rotatable bonds is 5. The molecule has 0 aliphatic rings. The summed E-state index contributed by atoms with van der Waals surface area (Å²) < 4.78 is 42.7. The van der Waals surface area contributed by atoms with Gasteiger partial charge in [0.05, 0.1) is 18.9 Å². The molecule has 0 aliphatic carbocycles. The van der Waals surface area contributed by atoms with E-state index in [2.05, 4.69) is 5.16 Å². The van der Waals surface area contributed by atoms with Crippen LogP contribution in [-0.4, -0.2) is 13.3 Å². The van der Waals surface area contributed by atoms with Gasteiger partial charge in [-0.25, -0.2) is 0 Å². The molecule has 0 N–H and O–H groups in total. The first-order chi connectivity index (χ1) is 10.5. The van der Waals surface area contributed by atoms with Crippen LogP contribution in [0.2, 0.25) is 0 Å². The Kier molecular flexibility index (Phi) is 5.04. The molecule has 2 aromatic rings. The number of ether oxygens (including phenoxy) is 1. The molecule has 22 heavy (non-hydrogen) atoms. The molecule has 116 valence electrons. The molecule has 0 spiro atoms. The van der Waals surface area contributed by atoms with E-state index in [0.29, 0.717) is 5.56 Å². The van der Waals surface area contributed by atoms with Crippen LogP contribution in [0.4, 0.5) is 13.2 Å². The first-order valence-corrected chi connectivity index (χ1v) is 6.44. The Bertz CT molecular complexity index is 637. The fraction of sp³-hybridized carbons (Fsp3) is 0.188. The maximum Gasteiger partial charge on any atom is 0.416 e. The predicted octanol–water partition coefficient (Wildman–Crippen LogP) is 4.26. The highest BCUT2D eigenvalue weighted by atomic mass is 19.4. The zero-order valence-electron chi connectivity index (χ0n) is 11.8. The van der Waals surface area contributed by atoms with Crippen molar-refractivity contribution in [2.24, 2.45) is 5.16 Å². The van der Waals surface area contributed by atoms with Crippen molar-refractivity contribution in [2.75, 3.05) is 7.11 Å². The molecule has 0 heterocycles. The summed E-state index contributed by atoms with van der Waals surface area (Å²) in [5.74, 6) is 0.724. The summed E-state index contributed by atoms with van der Waals surface area (Å²) in [6.07, 6.45) is -2.88. The molecular weight excluding hydrogens is 295 g/mol. The van der Waals surface area contributed by atoms with Crippen molar-refractivity contribution in [3.63, 3.8) is 0 Å². The van der Waals surface area contributed by atoms with E-state index in [1.165, 1.54) is 12.3 Å². The van der Waals surface area contributed by atoms with Gasteiger partial charge in [-0.2, -0.15) is 13.2 Å². The second kappa shape index (κ2) is 6.98. The summed E-state index contributed by atoms with van der Waals surface area (Å²) in [6, 6.07) is 12.1. The molecule has 2 aromatic carbocycles. The highest BCUT2D eigenvalue weighted by Gasteiger charge is 2.30. The van der Waals surface area contributed by atoms with Crippen LogP contribution in [-0.2, 0) is 17.6 Å². The maximum atomic E-state index is 12.6. The minimum atomic E-state index is -4.36. The van der Waals surface area contributed by atoms with Gasteiger partial charge in [-0.1, -0.05) is 17.3 Å². The summed E-state index contributed by atoms with van der Waals surface area (Å²) in [4.78, 5) is 5.02. The van der Waals surface area contributed by atoms with E-state index in [4.69, 9.17) is 9.57 Å². The summed E-state index contributed by atoms with van der Waals surface area (Å²) >= 11 is 0. The standard InChI is InChI=1S/C16H14F3NO2/c1-21-15-7-5-12(6-8-15)10-20-22-11-13-3-2-4-14(9-13)16(17,18)19/h2-10H,11H2,1H3. The quantitative estimate of drug-likeness (QED) is 0.610. The summed E-state index contributed by atoms with van der Waals surface area (Å²) in [7, 11) is 1.57. The Morgan fingerprint density at radius 3 is 2.45 bits per heavy atom. The van der Waals surface area contributed by atoms with Gasteiger partial charge in [-0.05, 0) is 47.5 Å². The molecule has 6 heteroatoms. The van der Waals surface area contributed by atoms with E-state index in [0.717, 1.165) is 23.4 Å². The summed E-state index contributed by atoms with van der Waals surface area (Å²) in [5.41, 5.74) is 0.499. The lowest BCUT2D eigenvalue weighted by Crippen LogP contribution is -2.05. The zero-order chi connectivity index (χ0) is 16.0. The molecule has 0 fully saturated rings. The molecule has 0 radical (unpaired) electrons. The topological polar surface area (TPSA) is 30.8 Å². The molecule has 0 saturated carbocycles. The van der Waals surface area contributed by atoms with Crippen LogP contribution >= 0.6 is 0 Å². The average molecular weight is 309 g/mol. The van der Waals surface area contributed by atoms with Gasteiger partial charge in [-0.3, -0.25) is 0 Å². The van der Waals surface area contributed by atoms with Gasteiger partial charge in [-0.15, -0.1) is 0 Å². The van der Waals surface area contributed by atoms with Crippen molar-refractivity contribution >= 4 is 6.21 Å². The number of nitrogens with zero attached hydrogens (tertiary/aromatic N) is 1. The van der Waals surface area contributed by atoms with Gasteiger partial charge in [0.2, 0.25) is 0 Å². The van der Waals surface area contributed by atoms with Crippen LogP contribution in [0.5, 0.6) is 5.75 Å². The van der Waals surface area contributed by atoms with Gasteiger partial charge >= 0.3 is 6.18 Å². The van der Waals surface area contributed by atoms with Crippen LogP contribution in [0.25, 0.3) is 0 Å². The van der Waals surface area contributed by atoms with Crippen LogP contribution in [0.3, 0.4) is 0 Å². The van der Waals surface area contributed by atoms with E-state index in [1.54, 1.807) is 37.4 Å².